The maximum absolute atomic E-state index is 13.4. The summed E-state index contributed by atoms with van der Waals surface area (Å²) in [6.07, 6.45) is 0. The van der Waals surface area contributed by atoms with Gasteiger partial charge in [0.1, 0.15) is 6.54 Å². The van der Waals surface area contributed by atoms with Crippen molar-refractivity contribution in [1.82, 2.24) is 5.32 Å². The van der Waals surface area contributed by atoms with Crippen molar-refractivity contribution in [1.29, 1.82) is 0 Å². The zero-order valence-corrected chi connectivity index (χ0v) is 21.5. The standard InChI is InChI=1S/C26H29ClN2O5S/c1-4-33-24-15-8-20(16-25(24)34-5-2)17-28-26(30)18-29(22-11-6-19(3)7-12-22)35(31,32)23-13-9-21(27)10-14-23/h6-16H,4-5,17-18H2,1-3H3,(H,28,30). The Bertz CT molecular complexity index is 1250. The number of aryl methyl sites for hydroxylation is 1. The van der Waals surface area contributed by atoms with E-state index in [-0.39, 0.29) is 18.0 Å². The van der Waals surface area contributed by atoms with Gasteiger partial charge in [-0.1, -0.05) is 35.4 Å². The van der Waals surface area contributed by atoms with E-state index in [1.165, 1.54) is 24.3 Å². The zero-order chi connectivity index (χ0) is 25.4. The van der Waals surface area contributed by atoms with Gasteiger partial charge in [-0.05, 0) is 74.9 Å². The summed E-state index contributed by atoms with van der Waals surface area (Å²) in [6, 6.07) is 18.2. The van der Waals surface area contributed by atoms with Crippen LogP contribution in [-0.4, -0.2) is 34.1 Å². The van der Waals surface area contributed by atoms with Crippen molar-refractivity contribution in [2.45, 2.75) is 32.2 Å². The van der Waals surface area contributed by atoms with Crippen LogP contribution in [0, 0.1) is 6.92 Å². The van der Waals surface area contributed by atoms with Crippen LogP contribution in [-0.2, 0) is 21.4 Å². The van der Waals surface area contributed by atoms with Crippen LogP contribution in [0.15, 0.2) is 71.6 Å². The summed E-state index contributed by atoms with van der Waals surface area (Å²) in [5, 5.41) is 3.22. The first-order valence-corrected chi connectivity index (χ1v) is 13.1. The Hall–Kier alpha value is -3.23. The summed E-state index contributed by atoms with van der Waals surface area (Å²) < 4.78 is 39.2. The summed E-state index contributed by atoms with van der Waals surface area (Å²) in [7, 11) is -4.01. The number of carbonyl (C=O) groups is 1. The molecule has 0 radical (unpaired) electrons. The number of nitrogens with one attached hydrogen (secondary N) is 1. The van der Waals surface area contributed by atoms with Crippen LogP contribution < -0.4 is 19.1 Å². The zero-order valence-electron chi connectivity index (χ0n) is 20.0. The number of halogens is 1. The van der Waals surface area contributed by atoms with Gasteiger partial charge in [0.15, 0.2) is 11.5 Å². The maximum Gasteiger partial charge on any atom is 0.264 e. The molecule has 0 spiro atoms. The van der Waals surface area contributed by atoms with Crippen molar-refractivity contribution in [3.05, 3.63) is 82.9 Å². The van der Waals surface area contributed by atoms with Gasteiger partial charge >= 0.3 is 0 Å². The van der Waals surface area contributed by atoms with E-state index >= 15 is 0 Å². The molecule has 1 N–H and O–H groups in total. The van der Waals surface area contributed by atoms with Crippen LogP contribution in [0.1, 0.15) is 25.0 Å². The summed E-state index contributed by atoms with van der Waals surface area (Å²) in [4.78, 5) is 12.9. The Kier molecular flexibility index (Phi) is 9.01. The van der Waals surface area contributed by atoms with Crippen LogP contribution in [0.3, 0.4) is 0 Å². The van der Waals surface area contributed by atoms with Crippen molar-refractivity contribution in [3.8, 4) is 11.5 Å². The number of ether oxygens (including phenoxy) is 2. The number of hydrogen-bond acceptors (Lipinski definition) is 5. The molecule has 35 heavy (non-hydrogen) atoms. The fraction of sp³-hybridized carbons (Fsp3) is 0.269. The molecule has 186 valence electrons. The molecule has 0 aromatic heterocycles. The molecular weight excluding hydrogens is 488 g/mol. The minimum absolute atomic E-state index is 0.0446. The average molecular weight is 517 g/mol. The molecule has 0 saturated heterocycles. The van der Waals surface area contributed by atoms with E-state index in [2.05, 4.69) is 5.32 Å². The molecule has 1 amide bonds. The molecule has 7 nitrogen and oxygen atoms in total. The SMILES string of the molecule is CCOc1ccc(CNC(=O)CN(c2ccc(C)cc2)S(=O)(=O)c2ccc(Cl)cc2)cc1OCC. The van der Waals surface area contributed by atoms with Crippen LogP contribution in [0.4, 0.5) is 5.69 Å². The maximum atomic E-state index is 13.4. The van der Waals surface area contributed by atoms with E-state index in [9.17, 15) is 13.2 Å². The molecule has 3 aromatic rings. The molecule has 0 bridgehead atoms. The molecule has 0 aliphatic carbocycles. The Morgan fingerprint density at radius 2 is 1.54 bits per heavy atom. The van der Waals surface area contributed by atoms with Gasteiger partial charge in [0.2, 0.25) is 5.91 Å². The quantitative estimate of drug-likeness (QED) is 0.389. The third-order valence-corrected chi connectivity index (χ3v) is 7.15. The Morgan fingerprint density at radius 3 is 2.17 bits per heavy atom. The van der Waals surface area contributed by atoms with E-state index in [1.54, 1.807) is 36.4 Å². The second-order valence-electron chi connectivity index (χ2n) is 7.72. The van der Waals surface area contributed by atoms with Crippen LogP contribution in [0.25, 0.3) is 0 Å². The number of rotatable bonds is 11. The lowest BCUT2D eigenvalue weighted by Crippen LogP contribution is -2.40. The summed E-state index contributed by atoms with van der Waals surface area (Å²) in [6.45, 7) is 6.48. The lowest BCUT2D eigenvalue weighted by Gasteiger charge is -2.24. The predicted octanol–water partition coefficient (Wildman–Crippen LogP) is 4.96. The highest BCUT2D eigenvalue weighted by molar-refractivity contribution is 7.92. The number of nitrogens with zero attached hydrogens (tertiary/aromatic N) is 1. The van der Waals surface area contributed by atoms with E-state index in [4.69, 9.17) is 21.1 Å². The lowest BCUT2D eigenvalue weighted by atomic mass is 10.2. The first-order valence-electron chi connectivity index (χ1n) is 11.2. The molecule has 0 atom stereocenters. The van der Waals surface area contributed by atoms with E-state index < -0.39 is 15.9 Å². The number of carbonyl (C=O) groups excluding carboxylic acids is 1. The second kappa shape index (κ2) is 12.0. The van der Waals surface area contributed by atoms with E-state index in [0.29, 0.717) is 35.4 Å². The fourth-order valence-electron chi connectivity index (χ4n) is 3.35. The number of amides is 1. The molecule has 9 heteroatoms. The summed E-state index contributed by atoms with van der Waals surface area (Å²) >= 11 is 5.93. The third-order valence-electron chi connectivity index (χ3n) is 5.11. The molecule has 3 rings (SSSR count). The number of anilines is 1. The van der Waals surface area contributed by atoms with Crippen molar-refractivity contribution in [3.63, 3.8) is 0 Å². The Labute approximate surface area is 211 Å². The van der Waals surface area contributed by atoms with Gasteiger partial charge in [-0.2, -0.15) is 0 Å². The van der Waals surface area contributed by atoms with Gasteiger partial charge < -0.3 is 14.8 Å². The van der Waals surface area contributed by atoms with Gasteiger partial charge in [-0.15, -0.1) is 0 Å². The van der Waals surface area contributed by atoms with Crippen LogP contribution in [0.5, 0.6) is 11.5 Å². The van der Waals surface area contributed by atoms with Gasteiger partial charge in [0.05, 0.1) is 23.8 Å². The number of benzene rings is 3. The highest BCUT2D eigenvalue weighted by atomic mass is 35.5. The average Bonchev–Trinajstić information content (AvgIpc) is 2.84. The Balaban J connectivity index is 1.80. The molecular formula is C26H29ClN2O5S. The van der Waals surface area contributed by atoms with Crippen LogP contribution >= 0.6 is 11.6 Å². The van der Waals surface area contributed by atoms with Gasteiger partial charge in [0, 0.05) is 11.6 Å². The Morgan fingerprint density at radius 1 is 0.914 bits per heavy atom. The molecule has 0 fully saturated rings. The predicted molar refractivity (Wildman–Crippen MR) is 138 cm³/mol. The van der Waals surface area contributed by atoms with Gasteiger partial charge in [0.25, 0.3) is 10.0 Å². The smallest absolute Gasteiger partial charge is 0.264 e. The van der Waals surface area contributed by atoms with E-state index in [1.807, 2.05) is 26.8 Å². The largest absolute Gasteiger partial charge is 0.490 e. The third kappa shape index (κ3) is 6.90. The fourth-order valence-corrected chi connectivity index (χ4v) is 4.90. The summed E-state index contributed by atoms with van der Waals surface area (Å²) in [5.41, 5.74) is 2.16. The van der Waals surface area contributed by atoms with Crippen LogP contribution in [0.2, 0.25) is 5.02 Å². The normalized spacial score (nSPS) is 11.1. The highest BCUT2D eigenvalue weighted by Gasteiger charge is 2.27. The first kappa shape index (κ1) is 26.4. The monoisotopic (exact) mass is 516 g/mol. The first-order chi connectivity index (χ1) is 16.7. The number of sulfonamides is 1. The molecule has 0 unspecified atom stereocenters. The van der Waals surface area contributed by atoms with Crippen molar-refractivity contribution in [2.24, 2.45) is 0 Å². The highest BCUT2D eigenvalue weighted by Crippen LogP contribution is 2.29. The minimum Gasteiger partial charge on any atom is -0.490 e. The topological polar surface area (TPSA) is 84.9 Å². The minimum atomic E-state index is -4.01. The number of hydrogen-bond donors (Lipinski definition) is 1. The lowest BCUT2D eigenvalue weighted by molar-refractivity contribution is -0.119. The second-order valence-corrected chi connectivity index (χ2v) is 10.0. The van der Waals surface area contributed by atoms with Crippen molar-refractivity contribution in [2.75, 3.05) is 24.1 Å². The van der Waals surface area contributed by atoms with E-state index in [0.717, 1.165) is 15.4 Å². The van der Waals surface area contributed by atoms with Crippen molar-refractivity contribution >= 4 is 33.2 Å². The molecule has 0 aliphatic heterocycles. The van der Waals surface area contributed by atoms with Gasteiger partial charge in [-0.25, -0.2) is 8.42 Å². The molecule has 0 heterocycles. The van der Waals surface area contributed by atoms with Crippen molar-refractivity contribution < 1.29 is 22.7 Å². The molecule has 3 aromatic carbocycles. The molecule has 0 saturated carbocycles. The van der Waals surface area contributed by atoms with Gasteiger partial charge in [-0.3, -0.25) is 9.10 Å². The summed E-state index contributed by atoms with van der Waals surface area (Å²) in [5.74, 6) is 0.770. The molecule has 0 aliphatic rings.